The third-order valence-electron chi connectivity index (χ3n) is 5.66. The van der Waals surface area contributed by atoms with Crippen LogP contribution in [0.5, 0.6) is 0 Å². The number of rotatable bonds is 5. The van der Waals surface area contributed by atoms with Crippen LogP contribution in [-0.4, -0.2) is 14.8 Å². The van der Waals surface area contributed by atoms with Gasteiger partial charge in [-0.2, -0.15) is 5.26 Å². The molecule has 152 valence electrons. The van der Waals surface area contributed by atoms with Crippen molar-refractivity contribution in [3.8, 4) is 17.5 Å². The maximum absolute atomic E-state index is 9.29. The normalized spacial score (nSPS) is 11.1. The summed E-state index contributed by atoms with van der Waals surface area (Å²) >= 11 is 0. The highest BCUT2D eigenvalue weighted by Gasteiger charge is 2.39. The molecule has 0 radical (unpaired) electrons. The predicted molar refractivity (Wildman–Crippen MR) is 125 cm³/mol. The molecule has 5 rings (SSSR count). The summed E-state index contributed by atoms with van der Waals surface area (Å²) < 4.78 is 1.93. The summed E-state index contributed by atoms with van der Waals surface area (Å²) in [6.07, 6.45) is 1.78. The van der Waals surface area contributed by atoms with E-state index < -0.39 is 5.54 Å². The molecule has 0 unspecified atom stereocenters. The fourth-order valence-corrected chi connectivity index (χ4v) is 4.22. The first-order valence-electron chi connectivity index (χ1n) is 10.4. The lowest BCUT2D eigenvalue weighted by Gasteiger charge is -2.35. The van der Waals surface area contributed by atoms with Gasteiger partial charge in [0.2, 0.25) is 0 Å². The topological polar surface area (TPSA) is 54.5 Å². The van der Waals surface area contributed by atoms with Crippen LogP contribution in [0.3, 0.4) is 0 Å². The fraction of sp³-hybridized carbons (Fsp3) is 0.0357. The molecule has 0 fully saturated rings. The van der Waals surface area contributed by atoms with Crippen molar-refractivity contribution in [1.82, 2.24) is 14.8 Å². The van der Waals surface area contributed by atoms with Crippen LogP contribution in [0, 0.1) is 11.3 Å². The molecule has 0 saturated carbocycles. The molecule has 0 aliphatic carbocycles. The van der Waals surface area contributed by atoms with Crippen molar-refractivity contribution in [3.05, 3.63) is 144 Å². The molecule has 4 aromatic carbocycles. The minimum absolute atomic E-state index is 0.578. The van der Waals surface area contributed by atoms with Gasteiger partial charge in [0.05, 0.1) is 11.6 Å². The minimum atomic E-state index is -0.706. The molecule has 0 atom stereocenters. The van der Waals surface area contributed by atoms with Crippen LogP contribution in [-0.2, 0) is 5.54 Å². The van der Waals surface area contributed by atoms with Crippen molar-refractivity contribution < 1.29 is 0 Å². The highest BCUT2D eigenvalue weighted by Crippen LogP contribution is 2.40. The third-order valence-corrected chi connectivity index (χ3v) is 5.66. The standard InChI is InChI=1S/C28H20N4/c29-20-22-11-10-12-23(19-22)27-30-21-32(31-27)28(24-13-4-1-5-14-24,25-15-6-2-7-16-25)26-17-8-3-9-18-26/h1-19,21H. The van der Waals surface area contributed by atoms with E-state index in [1.165, 1.54) is 0 Å². The second kappa shape index (κ2) is 8.33. The quantitative estimate of drug-likeness (QED) is 0.350. The summed E-state index contributed by atoms with van der Waals surface area (Å²) in [5, 5.41) is 14.2. The molecule has 5 aromatic rings. The van der Waals surface area contributed by atoms with E-state index in [2.05, 4.69) is 47.5 Å². The van der Waals surface area contributed by atoms with Gasteiger partial charge in [-0.3, -0.25) is 0 Å². The Balaban J connectivity index is 1.80. The van der Waals surface area contributed by atoms with Gasteiger partial charge >= 0.3 is 0 Å². The van der Waals surface area contributed by atoms with Crippen molar-refractivity contribution in [2.24, 2.45) is 0 Å². The zero-order valence-electron chi connectivity index (χ0n) is 17.3. The van der Waals surface area contributed by atoms with Crippen molar-refractivity contribution in [3.63, 3.8) is 0 Å². The van der Waals surface area contributed by atoms with Crippen LogP contribution in [0.15, 0.2) is 122 Å². The number of hydrogen-bond donors (Lipinski definition) is 0. The van der Waals surface area contributed by atoms with Gasteiger partial charge in [0.1, 0.15) is 11.9 Å². The second-order valence-corrected chi connectivity index (χ2v) is 7.51. The van der Waals surface area contributed by atoms with Gasteiger partial charge in [-0.15, -0.1) is 5.10 Å². The zero-order valence-corrected chi connectivity index (χ0v) is 17.3. The van der Waals surface area contributed by atoms with Crippen LogP contribution in [0.25, 0.3) is 11.4 Å². The van der Waals surface area contributed by atoms with Gasteiger partial charge in [0, 0.05) is 5.56 Å². The van der Waals surface area contributed by atoms with Gasteiger partial charge in [-0.1, -0.05) is 103 Å². The molecule has 0 aliphatic heterocycles. The molecule has 4 heteroatoms. The monoisotopic (exact) mass is 412 g/mol. The van der Waals surface area contributed by atoms with Gasteiger partial charge in [-0.05, 0) is 28.8 Å². The van der Waals surface area contributed by atoms with Gasteiger partial charge in [0.15, 0.2) is 5.82 Å². The van der Waals surface area contributed by atoms with Crippen LogP contribution < -0.4 is 0 Å². The lowest BCUT2D eigenvalue weighted by atomic mass is 9.77. The first-order chi connectivity index (χ1) is 15.8. The van der Waals surface area contributed by atoms with E-state index in [0.717, 1.165) is 22.3 Å². The lowest BCUT2D eigenvalue weighted by Crippen LogP contribution is -2.38. The van der Waals surface area contributed by atoms with Gasteiger partial charge in [-0.25, -0.2) is 9.67 Å². The van der Waals surface area contributed by atoms with E-state index in [1.54, 1.807) is 12.4 Å². The highest BCUT2D eigenvalue weighted by atomic mass is 15.4. The van der Waals surface area contributed by atoms with Crippen LogP contribution in [0.1, 0.15) is 22.3 Å². The summed E-state index contributed by atoms with van der Waals surface area (Å²) in [5.41, 5.74) is 3.94. The highest BCUT2D eigenvalue weighted by molar-refractivity contribution is 5.58. The lowest BCUT2D eigenvalue weighted by molar-refractivity contribution is 0.459. The summed E-state index contributed by atoms with van der Waals surface area (Å²) in [6.45, 7) is 0. The molecule has 1 aromatic heterocycles. The van der Waals surface area contributed by atoms with E-state index in [4.69, 9.17) is 5.10 Å². The largest absolute Gasteiger partial charge is 0.233 e. The van der Waals surface area contributed by atoms with Crippen LogP contribution in [0.2, 0.25) is 0 Å². The van der Waals surface area contributed by atoms with Gasteiger partial charge < -0.3 is 0 Å². The van der Waals surface area contributed by atoms with Crippen molar-refractivity contribution in [2.45, 2.75) is 5.54 Å². The summed E-state index contributed by atoms with van der Waals surface area (Å²) in [4.78, 5) is 4.65. The van der Waals surface area contributed by atoms with E-state index in [0.29, 0.717) is 11.4 Å². The fourth-order valence-electron chi connectivity index (χ4n) is 4.22. The Morgan fingerprint density at radius 1 is 0.656 bits per heavy atom. The Kier molecular flexibility index (Phi) is 5.07. The minimum Gasteiger partial charge on any atom is -0.233 e. The molecule has 0 aliphatic rings. The Bertz CT molecular complexity index is 1270. The van der Waals surface area contributed by atoms with Crippen LogP contribution in [0.4, 0.5) is 0 Å². The van der Waals surface area contributed by atoms with Crippen LogP contribution >= 0.6 is 0 Å². The number of aromatic nitrogens is 3. The molecule has 4 nitrogen and oxygen atoms in total. The second-order valence-electron chi connectivity index (χ2n) is 7.51. The molecule has 0 saturated heterocycles. The Morgan fingerprint density at radius 2 is 1.19 bits per heavy atom. The average molecular weight is 412 g/mol. The van der Waals surface area contributed by atoms with E-state index in [9.17, 15) is 5.26 Å². The predicted octanol–water partition coefficient (Wildman–Crippen LogP) is 5.66. The maximum atomic E-state index is 9.29. The first kappa shape index (κ1) is 19.5. The number of hydrogen-bond acceptors (Lipinski definition) is 3. The molecule has 0 bridgehead atoms. The van der Waals surface area contributed by atoms with E-state index in [-0.39, 0.29) is 0 Å². The zero-order chi connectivity index (χ0) is 21.8. The molecule has 0 spiro atoms. The van der Waals surface area contributed by atoms with E-state index in [1.807, 2.05) is 77.5 Å². The van der Waals surface area contributed by atoms with E-state index >= 15 is 0 Å². The summed E-state index contributed by atoms with van der Waals surface area (Å²) in [6, 6.07) is 40.6. The third kappa shape index (κ3) is 3.27. The van der Waals surface area contributed by atoms with Gasteiger partial charge in [0.25, 0.3) is 0 Å². The molecule has 0 N–H and O–H groups in total. The smallest absolute Gasteiger partial charge is 0.181 e. The number of benzene rings is 4. The Hall–Kier alpha value is -4.49. The molecular weight excluding hydrogens is 392 g/mol. The Morgan fingerprint density at radius 3 is 1.69 bits per heavy atom. The average Bonchev–Trinajstić information content (AvgIpc) is 3.37. The SMILES string of the molecule is N#Cc1cccc(-c2ncn(C(c3ccccc3)(c3ccccc3)c3ccccc3)n2)c1. The molecule has 32 heavy (non-hydrogen) atoms. The number of nitrogens with zero attached hydrogens (tertiary/aromatic N) is 4. The van der Waals surface area contributed by atoms with Crippen molar-refractivity contribution in [1.29, 1.82) is 5.26 Å². The van der Waals surface area contributed by atoms with Crippen molar-refractivity contribution >= 4 is 0 Å². The van der Waals surface area contributed by atoms with Crippen molar-refractivity contribution in [2.75, 3.05) is 0 Å². The molecule has 0 amide bonds. The summed E-state index contributed by atoms with van der Waals surface area (Å²) in [7, 11) is 0. The summed E-state index contributed by atoms with van der Waals surface area (Å²) in [5.74, 6) is 0.578. The first-order valence-corrected chi connectivity index (χ1v) is 10.4. The molecular formula is C28H20N4. The number of nitriles is 1. The Labute approximate surface area is 187 Å². The maximum Gasteiger partial charge on any atom is 0.181 e. The molecule has 1 heterocycles.